The van der Waals surface area contributed by atoms with Crippen LogP contribution >= 0.6 is 0 Å². The Morgan fingerprint density at radius 2 is 1.14 bits per heavy atom. The molecule has 2 N–H and O–H groups in total. The van der Waals surface area contributed by atoms with Gasteiger partial charge in [-0.1, -0.05) is 78.1 Å². The minimum absolute atomic E-state index is 0. The van der Waals surface area contributed by atoms with E-state index in [0.717, 1.165) is 12.8 Å². The molecule has 0 radical (unpaired) electrons. The number of hydrogen-bond donors (Lipinski definition) is 2. The van der Waals surface area contributed by atoms with Crippen LogP contribution in [-0.2, 0) is 9.59 Å². The number of carboxylic acids is 2. The first-order chi connectivity index (χ1) is 10.0. The Balaban J connectivity index is 0. The molecule has 128 valence electrons. The maximum absolute atomic E-state index is 10.9. The number of aliphatic carboxylic acids is 2. The minimum atomic E-state index is -1.26. The Hall–Kier alpha value is 0.511. The zero-order valence-electron chi connectivity index (χ0n) is 13.6. The van der Waals surface area contributed by atoms with Crippen molar-refractivity contribution in [1.29, 1.82) is 0 Å². The summed E-state index contributed by atoms with van der Waals surface area (Å²) in [5, 5.41) is 17.8. The van der Waals surface area contributed by atoms with Crippen LogP contribution in [0.3, 0.4) is 0 Å². The second-order valence-electron chi connectivity index (χ2n) is 6.10. The second kappa shape index (κ2) is 16.4. The Labute approximate surface area is 175 Å². The summed E-state index contributed by atoms with van der Waals surface area (Å²) in [6, 6.07) is 0. The summed E-state index contributed by atoms with van der Waals surface area (Å²) in [5.74, 6) is -4.00. The molecule has 0 saturated heterocycles. The third kappa shape index (κ3) is 13.0. The zero-order chi connectivity index (χ0) is 16.1. The van der Waals surface area contributed by atoms with E-state index in [2.05, 4.69) is 6.92 Å². The van der Waals surface area contributed by atoms with Crippen LogP contribution in [0.4, 0.5) is 0 Å². The molecule has 0 aliphatic rings. The molecule has 0 aromatic carbocycles. The van der Waals surface area contributed by atoms with E-state index in [1.807, 2.05) is 0 Å². The molecule has 1 unspecified atom stereocenters. The van der Waals surface area contributed by atoms with E-state index in [9.17, 15) is 9.59 Å². The monoisotopic (exact) mass is 440 g/mol. The van der Waals surface area contributed by atoms with E-state index in [-0.39, 0.29) is 54.8 Å². The molecule has 0 spiro atoms. The molecule has 5 heteroatoms. The fourth-order valence-electron chi connectivity index (χ4n) is 2.71. The van der Waals surface area contributed by atoms with Crippen molar-refractivity contribution in [2.24, 2.45) is 11.8 Å². The van der Waals surface area contributed by atoms with E-state index in [0.29, 0.717) is 6.42 Å². The fraction of sp³-hybridized carbons (Fsp3) is 0.882. The van der Waals surface area contributed by atoms with Crippen LogP contribution in [0.25, 0.3) is 0 Å². The molecule has 0 heterocycles. The van der Waals surface area contributed by atoms with Crippen LogP contribution in [0, 0.1) is 11.8 Å². The number of carboxylic acid groups (broad SMARTS) is 2. The van der Waals surface area contributed by atoms with Gasteiger partial charge in [0, 0.05) is 0 Å². The third-order valence-corrected chi connectivity index (χ3v) is 4.11. The summed E-state index contributed by atoms with van der Waals surface area (Å²) >= 11 is 0. The molecule has 0 saturated carbocycles. The van der Waals surface area contributed by atoms with Gasteiger partial charge in [-0.05, 0) is 12.3 Å². The summed E-state index contributed by atoms with van der Waals surface area (Å²) in [6.45, 7) is 3.95. The van der Waals surface area contributed by atoms with E-state index in [1.54, 1.807) is 6.92 Å². The first-order valence-electron chi connectivity index (χ1n) is 8.46. The van der Waals surface area contributed by atoms with E-state index in [1.165, 1.54) is 51.4 Å². The molecule has 0 aromatic rings. The normalized spacial score (nSPS) is 12.0. The predicted molar refractivity (Wildman–Crippen MR) is 92.9 cm³/mol. The van der Waals surface area contributed by atoms with Crippen molar-refractivity contribution in [3.63, 3.8) is 0 Å². The van der Waals surface area contributed by atoms with Gasteiger partial charge in [-0.2, -0.15) is 0 Å². The average molecular weight is 440 g/mol. The van der Waals surface area contributed by atoms with Gasteiger partial charge in [0.15, 0.2) is 5.92 Å². The molecule has 0 fully saturated rings. The standard InChI is InChI=1S/C17H32O4.Ba.2H/c1-3-4-5-6-7-8-9-10-11-12-13-14(2)15(16(18)19)17(20)21;;;/h14-15H,3-13H2,1-2H3,(H,18,19)(H,20,21);;;. The molecule has 0 bridgehead atoms. The Morgan fingerprint density at radius 1 is 0.773 bits per heavy atom. The molecule has 0 aliphatic carbocycles. The van der Waals surface area contributed by atoms with Crippen molar-refractivity contribution in [2.75, 3.05) is 0 Å². The molecule has 0 rings (SSSR count). The van der Waals surface area contributed by atoms with Gasteiger partial charge in [-0.15, -0.1) is 0 Å². The zero-order valence-corrected chi connectivity index (χ0v) is 13.6. The van der Waals surface area contributed by atoms with E-state index >= 15 is 0 Å². The number of unbranched alkanes of at least 4 members (excludes halogenated alkanes) is 9. The van der Waals surface area contributed by atoms with Crippen molar-refractivity contribution in [1.82, 2.24) is 0 Å². The van der Waals surface area contributed by atoms with Gasteiger partial charge in [0.25, 0.3) is 0 Å². The fourth-order valence-corrected chi connectivity index (χ4v) is 2.71. The van der Waals surface area contributed by atoms with Crippen molar-refractivity contribution in [3.05, 3.63) is 0 Å². The Kier molecular flexibility index (Phi) is 18.4. The molecule has 1 atom stereocenters. The third-order valence-electron chi connectivity index (χ3n) is 4.11. The van der Waals surface area contributed by atoms with Gasteiger partial charge in [0.2, 0.25) is 0 Å². The van der Waals surface area contributed by atoms with Crippen molar-refractivity contribution < 1.29 is 19.8 Å². The summed E-state index contributed by atoms with van der Waals surface area (Å²) in [4.78, 5) is 21.8. The van der Waals surface area contributed by atoms with Gasteiger partial charge >= 0.3 is 60.8 Å². The molecule has 22 heavy (non-hydrogen) atoms. The number of hydrogen-bond acceptors (Lipinski definition) is 2. The second-order valence-corrected chi connectivity index (χ2v) is 6.10. The molecular formula is C17H34BaO4. The van der Waals surface area contributed by atoms with Gasteiger partial charge in [0.1, 0.15) is 0 Å². The van der Waals surface area contributed by atoms with Crippen LogP contribution in [-0.4, -0.2) is 71.0 Å². The van der Waals surface area contributed by atoms with Gasteiger partial charge in [0.05, 0.1) is 0 Å². The SMILES string of the molecule is CCCCCCCCCCCCC(C)C(C(=O)O)C(=O)O.[BaH2]. The van der Waals surface area contributed by atoms with Gasteiger partial charge < -0.3 is 10.2 Å². The van der Waals surface area contributed by atoms with Crippen LogP contribution < -0.4 is 0 Å². The van der Waals surface area contributed by atoms with Crippen LogP contribution in [0.5, 0.6) is 0 Å². The van der Waals surface area contributed by atoms with Crippen LogP contribution in [0.2, 0.25) is 0 Å². The summed E-state index contributed by atoms with van der Waals surface area (Å²) in [5.41, 5.74) is 0. The van der Waals surface area contributed by atoms with Crippen LogP contribution in [0.1, 0.15) is 84.5 Å². The molecule has 4 nitrogen and oxygen atoms in total. The van der Waals surface area contributed by atoms with Gasteiger partial charge in [-0.25, -0.2) is 0 Å². The molecule has 0 aromatic heterocycles. The van der Waals surface area contributed by atoms with E-state index in [4.69, 9.17) is 10.2 Å². The molecule has 0 aliphatic heterocycles. The molecular weight excluding hydrogens is 406 g/mol. The summed E-state index contributed by atoms with van der Waals surface area (Å²) in [7, 11) is 0. The van der Waals surface area contributed by atoms with Crippen molar-refractivity contribution in [3.8, 4) is 0 Å². The topological polar surface area (TPSA) is 74.6 Å². The number of rotatable bonds is 14. The predicted octanol–water partition coefficient (Wildman–Crippen LogP) is 3.80. The van der Waals surface area contributed by atoms with E-state index < -0.39 is 17.9 Å². The van der Waals surface area contributed by atoms with Crippen LogP contribution in [0.15, 0.2) is 0 Å². The molecule has 0 amide bonds. The van der Waals surface area contributed by atoms with Crippen molar-refractivity contribution in [2.45, 2.75) is 84.5 Å². The quantitative estimate of drug-likeness (QED) is 0.245. The summed E-state index contributed by atoms with van der Waals surface area (Å²) in [6.07, 6.45) is 13.0. The maximum atomic E-state index is 10.9. The average Bonchev–Trinajstić information content (AvgIpc) is 2.40. The Bertz CT molecular complexity index is 280. The summed E-state index contributed by atoms with van der Waals surface area (Å²) < 4.78 is 0. The first kappa shape index (κ1) is 24.8. The van der Waals surface area contributed by atoms with Gasteiger partial charge in [-0.3, -0.25) is 9.59 Å². The Morgan fingerprint density at radius 3 is 1.50 bits per heavy atom. The van der Waals surface area contributed by atoms with Crippen molar-refractivity contribution >= 4 is 60.8 Å². The first-order valence-corrected chi connectivity index (χ1v) is 8.46. The number of carbonyl (C=O) groups is 2.